The number of aryl methyl sites for hydroxylation is 2. The Labute approximate surface area is 154 Å². The number of thiazole rings is 1. The summed E-state index contributed by atoms with van der Waals surface area (Å²) >= 11 is 3.25. The number of hydrogen-bond acceptors (Lipinski definition) is 5. The van der Waals surface area contributed by atoms with Crippen molar-refractivity contribution in [3.63, 3.8) is 0 Å². The van der Waals surface area contributed by atoms with Gasteiger partial charge in [0, 0.05) is 15.3 Å². The fourth-order valence-electron chi connectivity index (χ4n) is 2.85. The van der Waals surface area contributed by atoms with E-state index >= 15 is 0 Å². The van der Waals surface area contributed by atoms with Gasteiger partial charge in [-0.1, -0.05) is 12.1 Å². The topological polar surface area (TPSA) is 51.2 Å². The van der Waals surface area contributed by atoms with Gasteiger partial charge >= 0.3 is 0 Å². The van der Waals surface area contributed by atoms with Crippen LogP contribution in [0.2, 0.25) is 0 Å². The lowest BCUT2D eigenvalue weighted by Crippen LogP contribution is -2.12. The molecule has 1 N–H and O–H groups in total. The van der Waals surface area contributed by atoms with E-state index in [2.05, 4.69) is 10.3 Å². The fourth-order valence-corrected chi connectivity index (χ4v) is 4.51. The Morgan fingerprint density at radius 1 is 1.20 bits per heavy atom. The van der Waals surface area contributed by atoms with Crippen LogP contribution in [0, 0.1) is 0 Å². The van der Waals surface area contributed by atoms with Crippen molar-refractivity contribution in [1.82, 2.24) is 4.98 Å². The lowest BCUT2D eigenvalue weighted by Gasteiger charge is -2.07. The van der Waals surface area contributed by atoms with Gasteiger partial charge in [-0.05, 0) is 55.3 Å². The van der Waals surface area contributed by atoms with Crippen molar-refractivity contribution in [2.75, 3.05) is 5.32 Å². The van der Waals surface area contributed by atoms with Crippen molar-refractivity contribution >= 4 is 33.7 Å². The van der Waals surface area contributed by atoms with Gasteiger partial charge in [-0.25, -0.2) is 4.98 Å². The zero-order valence-electron chi connectivity index (χ0n) is 13.7. The zero-order valence-corrected chi connectivity index (χ0v) is 15.3. The van der Waals surface area contributed by atoms with Crippen LogP contribution in [0.25, 0.3) is 0 Å². The summed E-state index contributed by atoms with van der Waals surface area (Å²) in [5, 5.41) is 5.65. The molecule has 1 aliphatic carbocycles. The Bertz CT molecular complexity index is 848. The second kappa shape index (κ2) is 7.37. The van der Waals surface area contributed by atoms with Crippen molar-refractivity contribution in [1.29, 1.82) is 0 Å². The molecule has 0 atom stereocenters. The number of nitrogens with zero attached hydrogens (tertiary/aromatic N) is 1. The van der Waals surface area contributed by atoms with Crippen LogP contribution in [-0.2, 0) is 19.4 Å². The second-order valence-electron chi connectivity index (χ2n) is 5.95. The lowest BCUT2D eigenvalue weighted by atomic mass is 10.0. The highest BCUT2D eigenvalue weighted by atomic mass is 32.1. The highest BCUT2D eigenvalue weighted by molar-refractivity contribution is 7.15. The van der Waals surface area contributed by atoms with E-state index in [1.807, 2.05) is 29.6 Å². The summed E-state index contributed by atoms with van der Waals surface area (Å²) < 4.78 is 5.78. The number of fused-ring (bicyclic) bond motifs is 1. The molecule has 0 spiro atoms. The number of carbonyl (C=O) groups excluding carboxylic acids is 1. The minimum Gasteiger partial charge on any atom is -0.488 e. The highest BCUT2D eigenvalue weighted by Crippen LogP contribution is 2.30. The van der Waals surface area contributed by atoms with E-state index in [-0.39, 0.29) is 5.91 Å². The Balaban J connectivity index is 1.43. The molecular weight excluding hydrogens is 352 g/mol. The van der Waals surface area contributed by atoms with Gasteiger partial charge in [-0.15, -0.1) is 22.7 Å². The first-order valence-corrected chi connectivity index (χ1v) is 10.0. The number of amides is 1. The molecule has 0 aliphatic heterocycles. The number of nitrogens with one attached hydrogen (secondary N) is 1. The Kier molecular flexibility index (Phi) is 4.81. The van der Waals surface area contributed by atoms with E-state index < -0.39 is 0 Å². The van der Waals surface area contributed by atoms with Crippen LogP contribution >= 0.6 is 22.7 Å². The molecule has 2 heterocycles. The Morgan fingerprint density at radius 3 is 2.96 bits per heavy atom. The first-order chi connectivity index (χ1) is 12.3. The number of rotatable bonds is 5. The molecule has 3 aromatic rings. The van der Waals surface area contributed by atoms with E-state index in [1.165, 1.54) is 17.7 Å². The van der Waals surface area contributed by atoms with Crippen molar-refractivity contribution < 1.29 is 9.53 Å². The van der Waals surface area contributed by atoms with Crippen LogP contribution < -0.4 is 10.1 Å². The molecule has 128 valence electrons. The van der Waals surface area contributed by atoms with Gasteiger partial charge < -0.3 is 4.74 Å². The predicted molar refractivity (Wildman–Crippen MR) is 102 cm³/mol. The minimum absolute atomic E-state index is 0.146. The fraction of sp³-hybridized carbons (Fsp3) is 0.263. The average Bonchev–Trinajstić information content (AvgIpc) is 3.29. The summed E-state index contributed by atoms with van der Waals surface area (Å²) in [6.45, 7) is 0.516. The van der Waals surface area contributed by atoms with Crippen LogP contribution in [0.4, 0.5) is 5.13 Å². The van der Waals surface area contributed by atoms with Crippen LogP contribution in [0.15, 0.2) is 41.8 Å². The third-order valence-corrected chi connectivity index (χ3v) is 6.05. The van der Waals surface area contributed by atoms with E-state index in [1.54, 1.807) is 34.8 Å². The van der Waals surface area contributed by atoms with Gasteiger partial charge in [0.15, 0.2) is 5.13 Å². The zero-order chi connectivity index (χ0) is 17.1. The summed E-state index contributed by atoms with van der Waals surface area (Å²) in [7, 11) is 0. The molecule has 0 bridgehead atoms. The number of aromatic nitrogens is 1. The van der Waals surface area contributed by atoms with Gasteiger partial charge in [-0.3, -0.25) is 10.1 Å². The maximum Gasteiger partial charge on any atom is 0.257 e. The smallest absolute Gasteiger partial charge is 0.257 e. The molecular formula is C19H18N2O2S2. The molecule has 0 fully saturated rings. The van der Waals surface area contributed by atoms with Crippen LogP contribution in [0.5, 0.6) is 5.75 Å². The standard InChI is InChI=1S/C19H18N2O2S2/c22-18(21-19-20-16-8-1-2-9-17(16)25-19)13-5-3-6-14(11-13)23-12-15-7-4-10-24-15/h3-7,10-11H,1-2,8-9,12H2,(H,20,21,22). The van der Waals surface area contributed by atoms with E-state index in [0.29, 0.717) is 23.1 Å². The largest absolute Gasteiger partial charge is 0.488 e. The number of ether oxygens (including phenoxy) is 1. The van der Waals surface area contributed by atoms with Gasteiger partial charge in [0.2, 0.25) is 0 Å². The number of carbonyl (C=O) groups is 1. The summed E-state index contributed by atoms with van der Waals surface area (Å²) in [6.07, 6.45) is 4.50. The maximum absolute atomic E-state index is 12.5. The molecule has 2 aromatic heterocycles. The quantitative estimate of drug-likeness (QED) is 0.694. The summed E-state index contributed by atoms with van der Waals surface area (Å²) in [5.41, 5.74) is 1.73. The molecule has 0 unspecified atom stereocenters. The number of hydrogen-bond donors (Lipinski definition) is 1. The molecule has 1 aliphatic rings. The molecule has 4 nitrogen and oxygen atoms in total. The van der Waals surface area contributed by atoms with E-state index in [4.69, 9.17) is 4.74 Å². The molecule has 0 saturated heterocycles. The molecule has 25 heavy (non-hydrogen) atoms. The van der Waals surface area contributed by atoms with E-state index in [9.17, 15) is 4.79 Å². The maximum atomic E-state index is 12.5. The predicted octanol–water partition coefficient (Wildman–Crippen LogP) is 4.91. The summed E-state index contributed by atoms with van der Waals surface area (Å²) in [6, 6.07) is 11.3. The van der Waals surface area contributed by atoms with Crippen molar-refractivity contribution in [2.45, 2.75) is 32.3 Å². The van der Waals surface area contributed by atoms with Crippen LogP contribution in [0.1, 0.15) is 38.6 Å². The van der Waals surface area contributed by atoms with Gasteiger partial charge in [0.05, 0.1) is 5.69 Å². The van der Waals surface area contributed by atoms with Gasteiger partial charge in [0.25, 0.3) is 5.91 Å². The molecule has 0 radical (unpaired) electrons. The number of thiophene rings is 1. The summed E-state index contributed by atoms with van der Waals surface area (Å²) in [5.74, 6) is 0.548. The monoisotopic (exact) mass is 370 g/mol. The third kappa shape index (κ3) is 3.91. The Morgan fingerprint density at radius 2 is 2.12 bits per heavy atom. The Hall–Kier alpha value is -2.18. The number of benzene rings is 1. The molecule has 1 aromatic carbocycles. The molecule has 4 rings (SSSR count). The highest BCUT2D eigenvalue weighted by Gasteiger charge is 2.17. The van der Waals surface area contributed by atoms with E-state index in [0.717, 1.165) is 23.4 Å². The SMILES string of the molecule is O=C(Nc1nc2c(s1)CCCC2)c1cccc(OCc2cccs2)c1. The first-order valence-electron chi connectivity index (χ1n) is 8.33. The average molecular weight is 370 g/mol. The first kappa shape index (κ1) is 16.3. The number of anilines is 1. The normalized spacial score (nSPS) is 13.3. The second-order valence-corrected chi connectivity index (χ2v) is 8.06. The van der Waals surface area contributed by atoms with Crippen LogP contribution in [0.3, 0.4) is 0 Å². The van der Waals surface area contributed by atoms with Crippen molar-refractivity contribution in [2.24, 2.45) is 0 Å². The molecule has 1 amide bonds. The van der Waals surface area contributed by atoms with Gasteiger partial charge in [-0.2, -0.15) is 0 Å². The third-order valence-electron chi connectivity index (χ3n) is 4.12. The molecule has 6 heteroatoms. The van der Waals surface area contributed by atoms with Crippen LogP contribution in [-0.4, -0.2) is 10.9 Å². The molecule has 0 saturated carbocycles. The van der Waals surface area contributed by atoms with Gasteiger partial charge in [0.1, 0.15) is 12.4 Å². The minimum atomic E-state index is -0.146. The van der Waals surface area contributed by atoms with Crippen molar-refractivity contribution in [3.8, 4) is 5.75 Å². The van der Waals surface area contributed by atoms with Crippen molar-refractivity contribution in [3.05, 3.63) is 62.8 Å². The lowest BCUT2D eigenvalue weighted by molar-refractivity contribution is 0.102. The summed E-state index contributed by atoms with van der Waals surface area (Å²) in [4.78, 5) is 19.5.